The number of hydrogen-bond acceptors (Lipinski definition) is 7. The molecule has 2 unspecified atom stereocenters. The van der Waals surface area contributed by atoms with Crippen molar-refractivity contribution in [3.05, 3.63) is 49.6 Å². The van der Waals surface area contributed by atoms with Crippen molar-refractivity contribution in [2.45, 2.75) is 76.7 Å². The lowest BCUT2D eigenvalue weighted by Crippen LogP contribution is -2.59. The first-order valence-electron chi connectivity index (χ1n) is 14.9. The third-order valence-electron chi connectivity index (χ3n) is 9.21. The predicted molar refractivity (Wildman–Crippen MR) is 159 cm³/mol. The van der Waals surface area contributed by atoms with Crippen LogP contribution in [-0.2, 0) is 23.9 Å². The van der Waals surface area contributed by atoms with Crippen molar-refractivity contribution in [2.24, 2.45) is 11.8 Å². The Kier molecular flexibility index (Phi) is 9.29. The molecule has 9 nitrogen and oxygen atoms in total. The van der Waals surface area contributed by atoms with E-state index in [2.05, 4.69) is 31.9 Å². The first kappa shape index (κ1) is 30.8. The Labute approximate surface area is 243 Å². The molecular weight excluding hydrogens is 522 g/mol. The standard InChI is InChI=1S/C32H45N3O6/c1-7-12-20-40-30(39)26-25-28(37)35(22(9-3)21-36)27(32(25)18-17-31(26,6)41-32)29(38)34(19-8-2)24-15-13-23(14-16-24)33(10-4)11-5/h7-8,13-16,22,25-27,36H,1-2,9-12,17-21H2,3-6H3/t22-,25-,26-,27?,31+,32?/m0/s1. The number of nitrogens with zero attached hydrogens (tertiary/aromatic N) is 3. The highest BCUT2D eigenvalue weighted by atomic mass is 16.6. The van der Waals surface area contributed by atoms with Crippen LogP contribution in [0.25, 0.3) is 0 Å². The molecule has 6 atom stereocenters. The van der Waals surface area contributed by atoms with Gasteiger partial charge >= 0.3 is 5.97 Å². The van der Waals surface area contributed by atoms with Crippen molar-refractivity contribution in [1.29, 1.82) is 0 Å². The van der Waals surface area contributed by atoms with Crippen molar-refractivity contribution >= 4 is 29.2 Å². The molecule has 3 heterocycles. The van der Waals surface area contributed by atoms with E-state index in [1.165, 1.54) is 4.90 Å². The Morgan fingerprint density at radius 1 is 1.15 bits per heavy atom. The molecule has 1 aromatic carbocycles. The van der Waals surface area contributed by atoms with Crippen molar-refractivity contribution in [2.75, 3.05) is 42.6 Å². The number of anilines is 2. The molecule has 1 spiro atoms. The summed E-state index contributed by atoms with van der Waals surface area (Å²) in [5, 5.41) is 10.3. The minimum atomic E-state index is -1.20. The molecule has 2 bridgehead atoms. The van der Waals surface area contributed by atoms with Gasteiger partial charge in [0.15, 0.2) is 0 Å². The van der Waals surface area contributed by atoms with E-state index in [4.69, 9.17) is 9.47 Å². The lowest BCUT2D eigenvalue weighted by atomic mass is 9.66. The smallest absolute Gasteiger partial charge is 0.312 e. The number of ether oxygens (including phenoxy) is 2. The molecule has 1 N–H and O–H groups in total. The van der Waals surface area contributed by atoms with Crippen LogP contribution >= 0.6 is 0 Å². The SMILES string of the molecule is C=CCCOC(=O)[C@@H]1[C@H]2C(=O)N([C@@H](CC)CO)C(C(=O)N(CC=C)c3ccc(N(CC)CC)cc3)C23CC[C@@]1(C)O3. The van der Waals surface area contributed by atoms with Gasteiger partial charge in [-0.3, -0.25) is 14.4 Å². The molecule has 224 valence electrons. The zero-order chi connectivity index (χ0) is 29.9. The second-order valence-electron chi connectivity index (χ2n) is 11.4. The van der Waals surface area contributed by atoms with Gasteiger partial charge in [0.2, 0.25) is 5.91 Å². The molecule has 3 saturated heterocycles. The van der Waals surface area contributed by atoms with E-state index >= 15 is 0 Å². The van der Waals surface area contributed by atoms with E-state index in [1.54, 1.807) is 17.1 Å². The number of hydrogen-bond donors (Lipinski definition) is 1. The van der Waals surface area contributed by atoms with Gasteiger partial charge in [0, 0.05) is 31.0 Å². The summed E-state index contributed by atoms with van der Waals surface area (Å²) in [4.78, 5) is 47.7. The number of carbonyl (C=O) groups excluding carboxylic acids is 3. The van der Waals surface area contributed by atoms with Crippen LogP contribution in [0.1, 0.15) is 53.4 Å². The summed E-state index contributed by atoms with van der Waals surface area (Å²) in [6, 6.07) is 6.18. The van der Waals surface area contributed by atoms with Crippen molar-refractivity contribution in [3.63, 3.8) is 0 Å². The lowest BCUT2D eigenvalue weighted by Gasteiger charge is -2.39. The van der Waals surface area contributed by atoms with Crippen molar-refractivity contribution < 1.29 is 29.0 Å². The highest BCUT2D eigenvalue weighted by Gasteiger charge is 2.79. The summed E-state index contributed by atoms with van der Waals surface area (Å²) in [7, 11) is 0. The summed E-state index contributed by atoms with van der Waals surface area (Å²) >= 11 is 0. The summed E-state index contributed by atoms with van der Waals surface area (Å²) in [5.41, 5.74) is -0.398. The number of benzene rings is 1. The molecular formula is C32H45N3O6. The van der Waals surface area contributed by atoms with Crippen LogP contribution in [0.15, 0.2) is 49.6 Å². The Balaban J connectivity index is 1.76. The molecule has 3 fully saturated rings. The van der Waals surface area contributed by atoms with Gasteiger partial charge in [-0.15, -0.1) is 13.2 Å². The first-order chi connectivity index (χ1) is 19.7. The highest BCUT2D eigenvalue weighted by molar-refractivity contribution is 6.05. The topological polar surface area (TPSA) is 99.6 Å². The third kappa shape index (κ3) is 5.07. The van der Waals surface area contributed by atoms with Crippen molar-refractivity contribution in [3.8, 4) is 0 Å². The Bertz CT molecular complexity index is 1150. The maximum atomic E-state index is 14.7. The van der Waals surface area contributed by atoms with E-state index in [0.29, 0.717) is 31.4 Å². The maximum Gasteiger partial charge on any atom is 0.312 e. The Morgan fingerprint density at radius 3 is 2.37 bits per heavy atom. The number of likely N-dealkylation sites (tertiary alicyclic amines) is 1. The fraction of sp³-hybridized carbons (Fsp3) is 0.594. The van der Waals surface area contributed by atoms with E-state index in [0.717, 1.165) is 18.8 Å². The minimum Gasteiger partial charge on any atom is -0.465 e. The molecule has 3 aliphatic rings. The number of amides is 2. The van der Waals surface area contributed by atoms with Gasteiger partial charge in [0.25, 0.3) is 5.91 Å². The molecule has 0 aliphatic carbocycles. The summed E-state index contributed by atoms with van der Waals surface area (Å²) in [6.07, 6.45) is 5.24. The molecule has 41 heavy (non-hydrogen) atoms. The van der Waals surface area contributed by atoms with Crippen LogP contribution < -0.4 is 9.80 Å². The summed E-state index contributed by atoms with van der Waals surface area (Å²) in [5.74, 6) is -2.86. The molecule has 3 aliphatic heterocycles. The van der Waals surface area contributed by atoms with Crippen LogP contribution in [0.4, 0.5) is 11.4 Å². The van der Waals surface area contributed by atoms with Crippen LogP contribution in [0, 0.1) is 11.8 Å². The van der Waals surface area contributed by atoms with Gasteiger partial charge in [-0.1, -0.05) is 19.1 Å². The van der Waals surface area contributed by atoms with Gasteiger partial charge in [-0.05, 0) is 70.7 Å². The molecule has 2 amide bonds. The Morgan fingerprint density at radius 2 is 1.80 bits per heavy atom. The second-order valence-corrected chi connectivity index (χ2v) is 11.4. The number of carbonyl (C=O) groups is 3. The number of aliphatic hydroxyl groups is 1. The maximum absolute atomic E-state index is 14.7. The van der Waals surface area contributed by atoms with E-state index in [9.17, 15) is 19.5 Å². The zero-order valence-electron chi connectivity index (χ0n) is 24.9. The number of aliphatic hydroxyl groups excluding tert-OH is 1. The molecule has 4 rings (SSSR count). The predicted octanol–water partition coefficient (Wildman–Crippen LogP) is 3.71. The van der Waals surface area contributed by atoms with Crippen LogP contribution in [0.5, 0.6) is 0 Å². The van der Waals surface area contributed by atoms with Crippen LogP contribution in [0.2, 0.25) is 0 Å². The number of fused-ring (bicyclic) bond motifs is 1. The van der Waals surface area contributed by atoms with E-state index in [-0.39, 0.29) is 31.6 Å². The quantitative estimate of drug-likeness (QED) is 0.208. The van der Waals surface area contributed by atoms with Crippen LogP contribution in [-0.4, -0.2) is 83.9 Å². The third-order valence-corrected chi connectivity index (χ3v) is 9.21. The fourth-order valence-electron chi connectivity index (χ4n) is 7.17. The van der Waals surface area contributed by atoms with Gasteiger partial charge in [0.1, 0.15) is 17.6 Å². The molecule has 0 radical (unpaired) electrons. The zero-order valence-corrected chi connectivity index (χ0v) is 24.9. The molecule has 0 saturated carbocycles. The molecule has 1 aromatic rings. The first-order valence-corrected chi connectivity index (χ1v) is 14.9. The number of esters is 1. The normalized spacial score (nSPS) is 28.8. The minimum absolute atomic E-state index is 0.166. The Hall–Kier alpha value is -3.17. The second kappa shape index (κ2) is 12.4. The summed E-state index contributed by atoms with van der Waals surface area (Å²) < 4.78 is 12.2. The monoisotopic (exact) mass is 567 g/mol. The van der Waals surface area contributed by atoms with E-state index in [1.807, 2.05) is 38.1 Å². The van der Waals surface area contributed by atoms with Crippen LogP contribution in [0.3, 0.4) is 0 Å². The summed E-state index contributed by atoms with van der Waals surface area (Å²) in [6.45, 7) is 17.3. The largest absolute Gasteiger partial charge is 0.465 e. The molecule has 9 heteroatoms. The average molecular weight is 568 g/mol. The van der Waals surface area contributed by atoms with Gasteiger partial charge in [-0.2, -0.15) is 0 Å². The van der Waals surface area contributed by atoms with Gasteiger partial charge in [0.05, 0.1) is 30.8 Å². The lowest BCUT2D eigenvalue weighted by molar-refractivity contribution is -0.160. The number of rotatable bonds is 14. The highest BCUT2D eigenvalue weighted by Crippen LogP contribution is 2.63. The average Bonchev–Trinajstić information content (AvgIpc) is 3.54. The van der Waals surface area contributed by atoms with Gasteiger partial charge < -0.3 is 29.3 Å². The van der Waals surface area contributed by atoms with Crippen molar-refractivity contribution in [1.82, 2.24) is 4.90 Å². The fourth-order valence-corrected chi connectivity index (χ4v) is 7.17. The molecule has 0 aromatic heterocycles. The van der Waals surface area contributed by atoms with E-state index < -0.39 is 41.1 Å². The van der Waals surface area contributed by atoms with Gasteiger partial charge in [-0.25, -0.2) is 0 Å².